The summed E-state index contributed by atoms with van der Waals surface area (Å²) in [6.45, 7) is 5.75. The maximum Gasteiger partial charge on any atom is 0.0900 e. The van der Waals surface area contributed by atoms with Crippen LogP contribution in [0.5, 0.6) is 0 Å². The maximum absolute atomic E-state index is 9.82. The van der Waals surface area contributed by atoms with E-state index in [0.717, 1.165) is 19.5 Å². The third-order valence-electron chi connectivity index (χ3n) is 3.36. The standard InChI is InChI=1S/C14H22N2O2/c1-2-18-11-13(17)10-16-8-6-12(9-16)14-5-3-4-7-15-14/h3-5,7,12-13,17H,2,6,8-11H2,1H3. The number of β-amino-alcohol motifs (C(OH)–C–C–N with tert-alkyl or cyclic N) is 1. The van der Waals surface area contributed by atoms with Crippen molar-refractivity contribution in [1.82, 2.24) is 9.88 Å². The molecule has 2 unspecified atom stereocenters. The molecule has 4 heteroatoms. The zero-order valence-corrected chi connectivity index (χ0v) is 11.0. The molecule has 1 aliphatic heterocycles. The second kappa shape index (κ2) is 6.83. The lowest BCUT2D eigenvalue weighted by Crippen LogP contribution is -2.33. The van der Waals surface area contributed by atoms with Gasteiger partial charge in [0.25, 0.3) is 0 Å². The normalized spacial score (nSPS) is 22.2. The quantitative estimate of drug-likeness (QED) is 0.826. The molecule has 2 rings (SSSR count). The number of hydrogen-bond acceptors (Lipinski definition) is 4. The van der Waals surface area contributed by atoms with Gasteiger partial charge in [-0.3, -0.25) is 9.88 Å². The van der Waals surface area contributed by atoms with Crippen LogP contribution < -0.4 is 0 Å². The summed E-state index contributed by atoms with van der Waals surface area (Å²) in [6.07, 6.45) is 2.59. The summed E-state index contributed by atoms with van der Waals surface area (Å²) in [7, 11) is 0. The van der Waals surface area contributed by atoms with Gasteiger partial charge in [0.1, 0.15) is 0 Å². The molecule has 1 aromatic heterocycles. The van der Waals surface area contributed by atoms with Gasteiger partial charge in [-0.2, -0.15) is 0 Å². The first kappa shape index (κ1) is 13.5. The van der Waals surface area contributed by atoms with Crippen molar-refractivity contribution in [2.75, 3.05) is 32.8 Å². The summed E-state index contributed by atoms with van der Waals surface area (Å²) >= 11 is 0. The van der Waals surface area contributed by atoms with Gasteiger partial charge in [-0.1, -0.05) is 6.07 Å². The van der Waals surface area contributed by atoms with Crippen molar-refractivity contribution >= 4 is 0 Å². The molecule has 0 saturated carbocycles. The molecule has 0 spiro atoms. The van der Waals surface area contributed by atoms with Crippen LogP contribution in [0.4, 0.5) is 0 Å². The smallest absolute Gasteiger partial charge is 0.0900 e. The average molecular weight is 250 g/mol. The molecule has 0 amide bonds. The molecule has 100 valence electrons. The van der Waals surface area contributed by atoms with Gasteiger partial charge in [0.15, 0.2) is 0 Å². The Morgan fingerprint density at radius 2 is 2.44 bits per heavy atom. The number of hydrogen-bond donors (Lipinski definition) is 1. The average Bonchev–Trinajstić information content (AvgIpc) is 2.86. The molecule has 1 aliphatic rings. The highest BCUT2D eigenvalue weighted by Gasteiger charge is 2.25. The van der Waals surface area contributed by atoms with Crippen molar-refractivity contribution < 1.29 is 9.84 Å². The summed E-state index contributed by atoms with van der Waals surface area (Å²) in [5.74, 6) is 0.505. The van der Waals surface area contributed by atoms with Gasteiger partial charge < -0.3 is 9.84 Å². The minimum Gasteiger partial charge on any atom is -0.389 e. The Bertz CT molecular complexity index is 345. The molecule has 1 aromatic rings. The highest BCUT2D eigenvalue weighted by Crippen LogP contribution is 2.25. The third kappa shape index (κ3) is 3.77. The van der Waals surface area contributed by atoms with E-state index in [2.05, 4.69) is 16.0 Å². The Morgan fingerprint density at radius 3 is 3.17 bits per heavy atom. The van der Waals surface area contributed by atoms with Crippen LogP contribution in [0.25, 0.3) is 0 Å². The molecule has 1 saturated heterocycles. The molecule has 2 heterocycles. The van der Waals surface area contributed by atoms with Gasteiger partial charge in [0.05, 0.1) is 12.7 Å². The van der Waals surface area contributed by atoms with E-state index >= 15 is 0 Å². The van der Waals surface area contributed by atoms with Crippen LogP contribution in [0, 0.1) is 0 Å². The summed E-state index contributed by atoms with van der Waals surface area (Å²) in [6, 6.07) is 6.07. The van der Waals surface area contributed by atoms with Crippen LogP contribution in [0.15, 0.2) is 24.4 Å². The number of likely N-dealkylation sites (tertiary alicyclic amines) is 1. The fourth-order valence-electron chi connectivity index (χ4n) is 2.46. The first-order chi connectivity index (χ1) is 8.79. The van der Waals surface area contributed by atoms with E-state index in [0.29, 0.717) is 25.7 Å². The van der Waals surface area contributed by atoms with Crippen molar-refractivity contribution in [3.05, 3.63) is 30.1 Å². The largest absolute Gasteiger partial charge is 0.389 e. The van der Waals surface area contributed by atoms with E-state index < -0.39 is 0 Å². The summed E-state index contributed by atoms with van der Waals surface area (Å²) < 4.78 is 5.23. The monoisotopic (exact) mass is 250 g/mol. The summed E-state index contributed by atoms with van der Waals surface area (Å²) in [5, 5.41) is 9.82. The molecule has 1 N–H and O–H groups in total. The van der Waals surface area contributed by atoms with Crippen LogP contribution in [0.2, 0.25) is 0 Å². The zero-order chi connectivity index (χ0) is 12.8. The predicted molar refractivity (Wildman–Crippen MR) is 70.5 cm³/mol. The Kier molecular flexibility index (Phi) is 5.11. The maximum atomic E-state index is 9.82. The fourth-order valence-corrected chi connectivity index (χ4v) is 2.46. The number of aromatic nitrogens is 1. The van der Waals surface area contributed by atoms with Gasteiger partial charge in [-0.15, -0.1) is 0 Å². The Morgan fingerprint density at radius 1 is 1.56 bits per heavy atom. The summed E-state index contributed by atoms with van der Waals surface area (Å²) in [5.41, 5.74) is 1.17. The molecule has 0 bridgehead atoms. The van der Waals surface area contributed by atoms with Crippen molar-refractivity contribution in [1.29, 1.82) is 0 Å². The number of rotatable bonds is 6. The SMILES string of the molecule is CCOCC(O)CN1CCC(c2ccccn2)C1. The third-order valence-corrected chi connectivity index (χ3v) is 3.36. The van der Waals surface area contributed by atoms with E-state index in [4.69, 9.17) is 4.74 Å². The van der Waals surface area contributed by atoms with E-state index in [1.807, 2.05) is 25.3 Å². The van der Waals surface area contributed by atoms with Gasteiger partial charge in [-0.25, -0.2) is 0 Å². The molecule has 0 aliphatic carbocycles. The Labute approximate surface area is 109 Å². The van der Waals surface area contributed by atoms with Crippen molar-refractivity contribution in [3.8, 4) is 0 Å². The Balaban J connectivity index is 1.78. The molecule has 2 atom stereocenters. The molecular formula is C14H22N2O2. The van der Waals surface area contributed by atoms with Crippen molar-refractivity contribution in [2.24, 2.45) is 0 Å². The lowest BCUT2D eigenvalue weighted by atomic mass is 10.0. The predicted octanol–water partition coefficient (Wildman–Crippen LogP) is 1.27. The molecule has 4 nitrogen and oxygen atoms in total. The number of aliphatic hydroxyl groups excluding tert-OH is 1. The molecule has 0 aromatic carbocycles. The molecule has 18 heavy (non-hydrogen) atoms. The highest BCUT2D eigenvalue weighted by atomic mass is 16.5. The molecule has 1 fully saturated rings. The van der Waals surface area contributed by atoms with E-state index in [-0.39, 0.29) is 6.10 Å². The number of nitrogens with zero attached hydrogens (tertiary/aromatic N) is 2. The number of aliphatic hydroxyl groups is 1. The second-order valence-electron chi connectivity index (χ2n) is 4.81. The van der Waals surface area contributed by atoms with Crippen LogP contribution >= 0.6 is 0 Å². The number of ether oxygens (including phenoxy) is 1. The van der Waals surface area contributed by atoms with Gasteiger partial charge in [0.2, 0.25) is 0 Å². The van der Waals surface area contributed by atoms with Gasteiger partial charge in [-0.05, 0) is 32.0 Å². The topological polar surface area (TPSA) is 45.6 Å². The van der Waals surface area contributed by atoms with Crippen LogP contribution in [0.1, 0.15) is 25.0 Å². The number of pyridine rings is 1. The lowest BCUT2D eigenvalue weighted by molar-refractivity contribution is 0.0250. The first-order valence-electron chi connectivity index (χ1n) is 6.68. The lowest BCUT2D eigenvalue weighted by Gasteiger charge is -2.19. The summed E-state index contributed by atoms with van der Waals surface area (Å²) in [4.78, 5) is 6.70. The molecule has 0 radical (unpaired) electrons. The van der Waals surface area contributed by atoms with Gasteiger partial charge >= 0.3 is 0 Å². The second-order valence-corrected chi connectivity index (χ2v) is 4.81. The minimum atomic E-state index is -0.382. The minimum absolute atomic E-state index is 0.382. The van der Waals surface area contributed by atoms with Crippen molar-refractivity contribution in [2.45, 2.75) is 25.4 Å². The van der Waals surface area contributed by atoms with E-state index in [1.54, 1.807) is 0 Å². The highest BCUT2D eigenvalue weighted by molar-refractivity contribution is 5.11. The van der Waals surface area contributed by atoms with Crippen LogP contribution in [-0.2, 0) is 4.74 Å². The van der Waals surface area contributed by atoms with Gasteiger partial charge in [0, 0.05) is 37.5 Å². The van der Waals surface area contributed by atoms with E-state index in [9.17, 15) is 5.11 Å². The van der Waals surface area contributed by atoms with Crippen LogP contribution in [0.3, 0.4) is 0 Å². The fraction of sp³-hybridized carbons (Fsp3) is 0.643. The Hall–Kier alpha value is -0.970. The van der Waals surface area contributed by atoms with Crippen LogP contribution in [-0.4, -0.2) is 53.9 Å². The molecular weight excluding hydrogens is 228 g/mol. The van der Waals surface area contributed by atoms with E-state index in [1.165, 1.54) is 5.69 Å². The first-order valence-corrected chi connectivity index (χ1v) is 6.68. The van der Waals surface area contributed by atoms with Crippen molar-refractivity contribution in [3.63, 3.8) is 0 Å². The zero-order valence-electron chi connectivity index (χ0n) is 11.0.